The number of benzene rings is 1. The summed E-state index contributed by atoms with van der Waals surface area (Å²) in [4.78, 5) is 21.1. The summed E-state index contributed by atoms with van der Waals surface area (Å²) in [5, 5.41) is 23.1. The molecule has 1 aliphatic rings. The molecule has 0 spiro atoms. The van der Waals surface area contributed by atoms with Crippen LogP contribution >= 0.6 is 11.8 Å². The number of nitro benzene ring substituents is 1. The summed E-state index contributed by atoms with van der Waals surface area (Å²) in [6, 6.07) is 4.07. The fourth-order valence-corrected chi connectivity index (χ4v) is 3.31. The number of carbonyl (C=O) groups is 1. The molecule has 0 bridgehead atoms. The first kappa shape index (κ1) is 12.8. The molecule has 6 nitrogen and oxygen atoms in total. The van der Waals surface area contributed by atoms with Crippen molar-refractivity contribution in [2.75, 3.05) is 5.75 Å². The van der Waals surface area contributed by atoms with Gasteiger partial charge in [-0.25, -0.2) is 0 Å². The smallest absolute Gasteiger partial charge is 0.269 e. The van der Waals surface area contributed by atoms with Crippen LogP contribution in [0.25, 0.3) is 0 Å². The number of carboxylic acid groups (broad SMARTS) is 1. The van der Waals surface area contributed by atoms with E-state index >= 15 is 0 Å². The van der Waals surface area contributed by atoms with E-state index in [-0.39, 0.29) is 11.1 Å². The zero-order chi connectivity index (χ0) is 13.3. The van der Waals surface area contributed by atoms with E-state index in [4.69, 9.17) is 0 Å². The minimum absolute atomic E-state index is 0.0292. The Bertz CT molecular complexity index is 506. The van der Waals surface area contributed by atoms with Crippen molar-refractivity contribution in [2.45, 2.75) is 18.3 Å². The number of quaternary nitrogens is 1. The molecule has 0 radical (unpaired) electrons. The van der Waals surface area contributed by atoms with Crippen LogP contribution in [0.1, 0.15) is 16.5 Å². The van der Waals surface area contributed by atoms with Crippen LogP contribution in [0.15, 0.2) is 18.2 Å². The maximum atomic E-state index is 10.8. The SMILES string of the molecule is Cc1ccc([N+](=O)[O-])cc1[C@@H]1[NH2+][C@H](C(=O)[O-])CS1. The fourth-order valence-electron chi connectivity index (χ4n) is 1.92. The third kappa shape index (κ3) is 2.46. The zero-order valence-electron chi connectivity index (χ0n) is 9.66. The van der Waals surface area contributed by atoms with Crippen LogP contribution in [0.5, 0.6) is 0 Å². The largest absolute Gasteiger partial charge is 0.544 e. The highest BCUT2D eigenvalue weighted by molar-refractivity contribution is 7.99. The van der Waals surface area contributed by atoms with Gasteiger partial charge in [0.25, 0.3) is 5.69 Å². The van der Waals surface area contributed by atoms with Gasteiger partial charge < -0.3 is 15.2 Å². The topological polar surface area (TPSA) is 99.9 Å². The van der Waals surface area contributed by atoms with E-state index in [1.165, 1.54) is 23.9 Å². The van der Waals surface area contributed by atoms with Gasteiger partial charge >= 0.3 is 0 Å². The van der Waals surface area contributed by atoms with Gasteiger partial charge in [-0.1, -0.05) is 17.8 Å². The molecular formula is C11H12N2O4S. The van der Waals surface area contributed by atoms with Crippen LogP contribution in [-0.2, 0) is 4.79 Å². The number of hydrogen-bond acceptors (Lipinski definition) is 5. The molecule has 1 saturated heterocycles. The average molecular weight is 268 g/mol. The minimum atomic E-state index is -1.09. The summed E-state index contributed by atoms with van der Waals surface area (Å²) in [6.45, 7) is 1.86. The second-order valence-electron chi connectivity index (χ2n) is 4.17. The average Bonchev–Trinajstić information content (AvgIpc) is 2.78. The molecule has 2 rings (SSSR count). The normalized spacial score (nSPS) is 22.9. The van der Waals surface area contributed by atoms with Crippen LogP contribution < -0.4 is 10.4 Å². The molecule has 2 N–H and O–H groups in total. The third-order valence-electron chi connectivity index (χ3n) is 2.95. The molecule has 0 amide bonds. The Morgan fingerprint density at radius 1 is 1.56 bits per heavy atom. The van der Waals surface area contributed by atoms with Gasteiger partial charge in [-0.3, -0.25) is 10.1 Å². The highest BCUT2D eigenvalue weighted by atomic mass is 32.2. The lowest BCUT2D eigenvalue weighted by Gasteiger charge is -2.12. The molecule has 0 saturated carbocycles. The number of nitrogens with zero attached hydrogens (tertiary/aromatic N) is 1. The van der Waals surface area contributed by atoms with E-state index in [0.717, 1.165) is 11.1 Å². The lowest BCUT2D eigenvalue weighted by Crippen LogP contribution is -2.90. The zero-order valence-corrected chi connectivity index (χ0v) is 10.5. The Morgan fingerprint density at radius 3 is 2.83 bits per heavy atom. The second-order valence-corrected chi connectivity index (χ2v) is 5.34. The first-order valence-electron chi connectivity index (χ1n) is 5.41. The van der Waals surface area contributed by atoms with Gasteiger partial charge in [0.05, 0.1) is 10.7 Å². The van der Waals surface area contributed by atoms with Crippen LogP contribution in [0, 0.1) is 17.0 Å². The second kappa shape index (κ2) is 4.95. The molecule has 96 valence electrons. The third-order valence-corrected chi connectivity index (χ3v) is 4.27. The summed E-state index contributed by atoms with van der Waals surface area (Å²) in [5.74, 6) is -0.636. The van der Waals surface area contributed by atoms with Crippen molar-refractivity contribution < 1.29 is 20.1 Å². The van der Waals surface area contributed by atoms with E-state index in [2.05, 4.69) is 0 Å². The van der Waals surface area contributed by atoms with Gasteiger partial charge in [0, 0.05) is 17.7 Å². The number of thioether (sulfide) groups is 1. The Kier molecular flexibility index (Phi) is 3.53. The number of nitrogens with two attached hydrogens (primary N) is 1. The van der Waals surface area contributed by atoms with Crippen molar-refractivity contribution >= 4 is 23.4 Å². The predicted molar refractivity (Wildman–Crippen MR) is 63.8 cm³/mol. The number of non-ortho nitro benzene ring substituents is 1. The molecule has 0 unspecified atom stereocenters. The van der Waals surface area contributed by atoms with E-state index in [1.54, 1.807) is 11.4 Å². The maximum Gasteiger partial charge on any atom is 0.269 e. The van der Waals surface area contributed by atoms with Crippen molar-refractivity contribution in [1.82, 2.24) is 0 Å². The quantitative estimate of drug-likeness (QED) is 0.579. The van der Waals surface area contributed by atoms with Crippen LogP contribution in [0.4, 0.5) is 5.69 Å². The highest BCUT2D eigenvalue weighted by Crippen LogP contribution is 2.31. The number of aliphatic carboxylic acids is 1. The Hall–Kier alpha value is -1.60. The summed E-state index contributed by atoms with van der Waals surface area (Å²) in [5.41, 5.74) is 1.76. The summed E-state index contributed by atoms with van der Waals surface area (Å²) in [6.07, 6.45) is 0. The number of nitro groups is 1. The van der Waals surface area contributed by atoms with E-state index in [0.29, 0.717) is 5.75 Å². The van der Waals surface area contributed by atoms with Gasteiger partial charge in [0.15, 0.2) is 5.37 Å². The number of rotatable bonds is 3. The molecule has 0 aromatic heterocycles. The summed E-state index contributed by atoms with van der Waals surface area (Å²) < 4.78 is 0. The standard InChI is InChI=1S/C11H12N2O4S/c1-6-2-3-7(13(16)17)4-8(6)10-12-9(5-18-10)11(14)15/h2-4,9-10,12H,5H2,1H3,(H,14,15)/t9-,10+/m0/s1. The van der Waals surface area contributed by atoms with Gasteiger partial charge in [-0.2, -0.15) is 0 Å². The molecule has 18 heavy (non-hydrogen) atoms. The summed E-state index contributed by atoms with van der Waals surface area (Å²) >= 11 is 1.47. The number of aryl methyl sites for hydroxylation is 1. The molecule has 1 fully saturated rings. The fraction of sp³-hybridized carbons (Fsp3) is 0.364. The lowest BCUT2D eigenvalue weighted by molar-refractivity contribution is -0.690. The molecular weight excluding hydrogens is 256 g/mol. The summed E-state index contributed by atoms with van der Waals surface area (Å²) in [7, 11) is 0. The molecule has 1 aromatic rings. The van der Waals surface area contributed by atoms with Crippen LogP contribution in [-0.4, -0.2) is 22.7 Å². The minimum Gasteiger partial charge on any atom is -0.544 e. The molecule has 7 heteroatoms. The van der Waals surface area contributed by atoms with Gasteiger partial charge in [-0.05, 0) is 12.5 Å². The van der Waals surface area contributed by atoms with Gasteiger partial charge in [0.2, 0.25) is 0 Å². The predicted octanol–water partition coefficient (Wildman–Crippen LogP) is -0.669. The van der Waals surface area contributed by atoms with E-state index < -0.39 is 16.9 Å². The molecule has 2 atom stereocenters. The van der Waals surface area contributed by atoms with Gasteiger partial charge in [0.1, 0.15) is 12.0 Å². The van der Waals surface area contributed by atoms with E-state index in [1.807, 2.05) is 6.92 Å². The number of hydrogen-bond donors (Lipinski definition) is 1. The highest BCUT2D eigenvalue weighted by Gasteiger charge is 2.32. The van der Waals surface area contributed by atoms with Crippen molar-refractivity contribution in [3.8, 4) is 0 Å². The Morgan fingerprint density at radius 2 is 2.28 bits per heavy atom. The molecule has 0 aliphatic carbocycles. The Labute approximate surface area is 108 Å². The number of carboxylic acids is 1. The lowest BCUT2D eigenvalue weighted by atomic mass is 10.1. The first-order chi connectivity index (χ1) is 8.49. The molecule has 1 aliphatic heterocycles. The molecule has 1 aromatic carbocycles. The van der Waals surface area contributed by atoms with Crippen molar-refractivity contribution in [3.63, 3.8) is 0 Å². The monoisotopic (exact) mass is 268 g/mol. The van der Waals surface area contributed by atoms with E-state index in [9.17, 15) is 20.0 Å². The number of carbonyl (C=O) groups excluding carboxylic acids is 1. The van der Waals surface area contributed by atoms with Crippen LogP contribution in [0.2, 0.25) is 0 Å². The molecule has 1 heterocycles. The van der Waals surface area contributed by atoms with Crippen molar-refractivity contribution in [3.05, 3.63) is 39.4 Å². The van der Waals surface area contributed by atoms with Crippen LogP contribution in [0.3, 0.4) is 0 Å². The first-order valence-corrected chi connectivity index (χ1v) is 6.46. The van der Waals surface area contributed by atoms with Crippen molar-refractivity contribution in [1.29, 1.82) is 0 Å². The van der Waals surface area contributed by atoms with Crippen molar-refractivity contribution in [2.24, 2.45) is 0 Å². The Balaban J connectivity index is 2.26. The van der Waals surface area contributed by atoms with Gasteiger partial charge in [-0.15, -0.1) is 0 Å². The maximum absolute atomic E-state index is 10.8.